The molecule has 2 heterocycles. The second-order valence-electron chi connectivity index (χ2n) is 14.2. The van der Waals surface area contributed by atoms with Crippen molar-refractivity contribution < 1.29 is 14.5 Å². The number of hydrogen-bond donors (Lipinski definition) is 2. The average Bonchev–Trinajstić information content (AvgIpc) is 3.76. The zero-order chi connectivity index (χ0) is 36.0. The molecule has 8 aromatic carbocycles. The van der Waals surface area contributed by atoms with Gasteiger partial charge in [0.1, 0.15) is 5.58 Å². The molecule has 9 aromatic rings. The third-order valence-electron chi connectivity index (χ3n) is 11.5. The van der Waals surface area contributed by atoms with Gasteiger partial charge in [-0.2, -0.15) is 0 Å². The van der Waals surface area contributed by atoms with E-state index in [1.165, 1.54) is 33.4 Å². The molecule has 0 radical (unpaired) electrons. The Labute approximate surface area is 313 Å². The molecule has 4 nitrogen and oxygen atoms in total. The first-order chi connectivity index (χ1) is 26.6. The zero-order valence-corrected chi connectivity index (χ0v) is 29.1. The molecule has 0 saturated carbocycles. The maximum Gasteiger partial charge on any atom is 0.492 e. The smallest absolute Gasteiger partial charge is 0.454 e. The van der Waals surface area contributed by atoms with E-state index < -0.39 is 12.5 Å². The second-order valence-corrected chi connectivity index (χ2v) is 14.2. The van der Waals surface area contributed by atoms with Gasteiger partial charge in [0.15, 0.2) is 5.58 Å². The van der Waals surface area contributed by atoms with Crippen molar-refractivity contribution in [1.29, 1.82) is 0 Å². The van der Waals surface area contributed by atoms with E-state index in [-0.39, 0.29) is 0 Å². The molecule has 254 valence electrons. The van der Waals surface area contributed by atoms with Crippen molar-refractivity contribution in [3.05, 3.63) is 204 Å². The van der Waals surface area contributed by atoms with Crippen molar-refractivity contribution in [2.75, 3.05) is 4.90 Å². The summed E-state index contributed by atoms with van der Waals surface area (Å²) < 4.78 is 6.71. The molecular weight excluding hydrogens is 661 g/mol. The van der Waals surface area contributed by atoms with Crippen LogP contribution in [0.3, 0.4) is 0 Å². The van der Waals surface area contributed by atoms with E-state index in [0.29, 0.717) is 16.6 Å². The lowest BCUT2D eigenvalue weighted by atomic mass is 9.64. The normalized spacial score (nSPS) is 13.5. The van der Waals surface area contributed by atoms with Crippen LogP contribution in [0, 0.1) is 0 Å². The van der Waals surface area contributed by atoms with Crippen molar-refractivity contribution in [3.63, 3.8) is 0 Å². The van der Waals surface area contributed by atoms with Gasteiger partial charge in [-0.05, 0) is 86.0 Å². The second kappa shape index (κ2) is 11.7. The molecule has 11 rings (SSSR count). The maximum absolute atomic E-state index is 10.3. The number of hydrogen-bond acceptors (Lipinski definition) is 4. The SMILES string of the molecule is OB(O)c1cccc2c1oc1c(N3c4ccc(-c5ccccc5)cc4C4(c5ccccc5-c5ccccc54)c4cc(-c5ccccc5)ccc43)cccc12. The van der Waals surface area contributed by atoms with E-state index in [0.717, 1.165) is 50.1 Å². The Hall–Kier alpha value is -6.66. The fourth-order valence-corrected chi connectivity index (χ4v) is 9.24. The molecule has 1 aliphatic heterocycles. The largest absolute Gasteiger partial charge is 0.492 e. The fraction of sp³-hybridized carbons (Fsp3) is 0.0204. The number of furan rings is 1. The van der Waals surface area contributed by atoms with E-state index in [1.807, 2.05) is 18.2 Å². The number of anilines is 3. The Bertz CT molecular complexity index is 2790. The van der Waals surface area contributed by atoms with Crippen LogP contribution in [-0.2, 0) is 5.41 Å². The summed E-state index contributed by atoms with van der Waals surface area (Å²) in [7, 11) is -1.66. The highest BCUT2D eigenvalue weighted by atomic mass is 16.4. The van der Waals surface area contributed by atoms with E-state index in [4.69, 9.17) is 4.42 Å². The van der Waals surface area contributed by atoms with Gasteiger partial charge >= 0.3 is 7.12 Å². The number of nitrogens with zero attached hydrogens (tertiary/aromatic N) is 1. The first-order valence-electron chi connectivity index (χ1n) is 18.3. The Morgan fingerprint density at radius 3 is 1.46 bits per heavy atom. The lowest BCUT2D eigenvalue weighted by Gasteiger charge is -2.45. The van der Waals surface area contributed by atoms with Crippen molar-refractivity contribution in [1.82, 2.24) is 0 Å². The van der Waals surface area contributed by atoms with Gasteiger partial charge in [-0.25, -0.2) is 0 Å². The topological polar surface area (TPSA) is 56.8 Å². The van der Waals surface area contributed by atoms with Crippen molar-refractivity contribution in [2.24, 2.45) is 0 Å². The van der Waals surface area contributed by atoms with Gasteiger partial charge in [-0.15, -0.1) is 0 Å². The number of fused-ring (bicyclic) bond motifs is 12. The molecule has 2 N–H and O–H groups in total. The van der Waals surface area contributed by atoms with Crippen molar-refractivity contribution in [2.45, 2.75) is 5.41 Å². The average molecular weight is 694 g/mol. The quantitative estimate of drug-likeness (QED) is 0.180. The van der Waals surface area contributed by atoms with Crippen LogP contribution in [0.25, 0.3) is 55.3 Å². The van der Waals surface area contributed by atoms with Crippen LogP contribution >= 0.6 is 0 Å². The zero-order valence-electron chi connectivity index (χ0n) is 29.1. The molecule has 54 heavy (non-hydrogen) atoms. The third-order valence-corrected chi connectivity index (χ3v) is 11.5. The minimum absolute atomic E-state index is 0.340. The van der Waals surface area contributed by atoms with E-state index >= 15 is 0 Å². The van der Waals surface area contributed by atoms with E-state index in [2.05, 4.69) is 163 Å². The van der Waals surface area contributed by atoms with Gasteiger partial charge in [0, 0.05) is 16.2 Å². The summed E-state index contributed by atoms with van der Waals surface area (Å²) in [4.78, 5) is 2.35. The molecule has 0 bridgehead atoms. The van der Waals surface area contributed by atoms with Crippen LogP contribution in [0.1, 0.15) is 22.3 Å². The lowest BCUT2D eigenvalue weighted by Crippen LogP contribution is -2.36. The van der Waals surface area contributed by atoms with Crippen LogP contribution in [0.2, 0.25) is 0 Å². The maximum atomic E-state index is 10.3. The minimum Gasteiger partial charge on any atom is -0.454 e. The predicted octanol–water partition coefficient (Wildman–Crippen LogP) is 10.7. The molecule has 0 fully saturated rings. The fourth-order valence-electron chi connectivity index (χ4n) is 9.24. The summed E-state index contributed by atoms with van der Waals surface area (Å²) in [6, 6.07) is 64.5. The minimum atomic E-state index is -1.66. The molecule has 1 spiro atoms. The molecule has 2 aliphatic rings. The van der Waals surface area contributed by atoms with Gasteiger partial charge in [0.25, 0.3) is 0 Å². The Kier molecular flexibility index (Phi) is 6.69. The summed E-state index contributed by atoms with van der Waals surface area (Å²) in [6.07, 6.45) is 0. The summed E-state index contributed by atoms with van der Waals surface area (Å²) in [5.41, 5.74) is 15.8. The number of benzene rings is 8. The summed E-state index contributed by atoms with van der Waals surface area (Å²) in [5, 5.41) is 22.4. The van der Waals surface area contributed by atoms with Crippen LogP contribution in [-0.4, -0.2) is 17.2 Å². The Balaban J connectivity index is 1.30. The predicted molar refractivity (Wildman–Crippen MR) is 220 cm³/mol. The highest BCUT2D eigenvalue weighted by Crippen LogP contribution is 2.64. The summed E-state index contributed by atoms with van der Waals surface area (Å²) in [6.45, 7) is 0. The molecule has 1 aliphatic carbocycles. The molecular formula is C49H32BNO3. The Morgan fingerprint density at radius 2 is 0.907 bits per heavy atom. The molecule has 0 unspecified atom stereocenters. The first kappa shape index (κ1) is 30.9. The monoisotopic (exact) mass is 693 g/mol. The van der Waals surface area contributed by atoms with Crippen LogP contribution in [0.15, 0.2) is 186 Å². The van der Waals surface area contributed by atoms with Crippen LogP contribution in [0.5, 0.6) is 0 Å². The van der Waals surface area contributed by atoms with Crippen LogP contribution in [0.4, 0.5) is 17.1 Å². The van der Waals surface area contributed by atoms with Gasteiger partial charge in [-0.3, -0.25) is 0 Å². The highest BCUT2D eigenvalue weighted by molar-refractivity contribution is 6.61. The summed E-state index contributed by atoms with van der Waals surface area (Å²) in [5.74, 6) is 0. The van der Waals surface area contributed by atoms with Gasteiger partial charge in [0.2, 0.25) is 0 Å². The van der Waals surface area contributed by atoms with Crippen molar-refractivity contribution >= 4 is 51.6 Å². The lowest BCUT2D eigenvalue weighted by molar-refractivity contribution is 0.425. The molecule has 0 amide bonds. The Morgan fingerprint density at radius 1 is 0.407 bits per heavy atom. The molecule has 5 heteroatoms. The van der Waals surface area contributed by atoms with Crippen LogP contribution < -0.4 is 10.4 Å². The molecule has 0 saturated heterocycles. The van der Waals surface area contributed by atoms with Gasteiger partial charge in [0.05, 0.1) is 22.5 Å². The van der Waals surface area contributed by atoms with Gasteiger partial charge < -0.3 is 19.4 Å². The first-order valence-corrected chi connectivity index (χ1v) is 18.3. The van der Waals surface area contributed by atoms with Gasteiger partial charge in [-0.1, -0.05) is 152 Å². The van der Waals surface area contributed by atoms with Crippen molar-refractivity contribution in [3.8, 4) is 33.4 Å². The highest BCUT2D eigenvalue weighted by Gasteiger charge is 2.52. The number of para-hydroxylation sites is 2. The third kappa shape index (κ3) is 4.22. The number of rotatable bonds is 4. The van der Waals surface area contributed by atoms with E-state index in [1.54, 1.807) is 6.07 Å². The molecule has 0 atom stereocenters. The molecule has 1 aromatic heterocycles. The standard InChI is InChI=1S/C49H32BNO3/c52-50(53)43-23-11-19-37-38-20-12-24-46(48(38)54-47(37)43)51-44-27-25-33(31-13-3-1-4-14-31)29-41(44)49(39-21-9-7-17-35(39)36-18-8-10-22-40(36)49)42-30-34(26-28-45(42)51)32-15-5-2-6-16-32/h1-30,52-53H. The summed E-state index contributed by atoms with van der Waals surface area (Å²) >= 11 is 0. The van der Waals surface area contributed by atoms with E-state index in [9.17, 15) is 10.0 Å².